The maximum Gasteiger partial charge on any atom is 0.259 e. The van der Waals surface area contributed by atoms with Crippen LogP contribution in [-0.2, 0) is 9.84 Å². The summed E-state index contributed by atoms with van der Waals surface area (Å²) in [6, 6.07) is 11.0. The number of hydrogen-bond acceptors (Lipinski definition) is 6. The van der Waals surface area contributed by atoms with Crippen LogP contribution in [-0.4, -0.2) is 53.5 Å². The highest BCUT2D eigenvalue weighted by Crippen LogP contribution is 2.29. The molecule has 1 aliphatic heterocycles. The van der Waals surface area contributed by atoms with Gasteiger partial charge < -0.3 is 9.42 Å². The van der Waals surface area contributed by atoms with E-state index in [4.69, 9.17) is 4.52 Å². The fourth-order valence-corrected chi connectivity index (χ4v) is 5.49. The Labute approximate surface area is 163 Å². The fraction of sp³-hybridized carbons (Fsp3) is 0.350. The summed E-state index contributed by atoms with van der Waals surface area (Å²) < 4.78 is 29.2. The zero-order chi connectivity index (χ0) is 19.9. The molecule has 0 saturated carbocycles. The summed E-state index contributed by atoms with van der Waals surface area (Å²) in [6.45, 7) is 4.05. The number of fused-ring (bicyclic) bond motifs is 1. The summed E-state index contributed by atoms with van der Waals surface area (Å²) in [5.41, 5.74) is 2.80. The monoisotopic (exact) mass is 399 g/mol. The van der Waals surface area contributed by atoms with Crippen molar-refractivity contribution in [3.05, 3.63) is 47.7 Å². The lowest BCUT2D eigenvalue weighted by Crippen LogP contribution is -2.41. The first-order valence-corrected chi connectivity index (χ1v) is 11.1. The molecule has 1 amide bonds. The predicted molar refractivity (Wildman–Crippen MR) is 106 cm³/mol. The SMILES string of the molecule is CCN(C(=O)c1cc(-c2ccccc2)nc2onc(C)c12)C1CCS(=O)(=O)C1. The van der Waals surface area contributed by atoms with E-state index in [1.807, 2.05) is 37.3 Å². The van der Waals surface area contributed by atoms with Crippen molar-refractivity contribution in [1.82, 2.24) is 15.0 Å². The number of hydrogen-bond donors (Lipinski definition) is 0. The minimum absolute atomic E-state index is 0.00890. The molecule has 1 aromatic carbocycles. The number of rotatable bonds is 4. The summed E-state index contributed by atoms with van der Waals surface area (Å²) in [7, 11) is -3.09. The maximum absolute atomic E-state index is 13.5. The molecule has 1 aliphatic rings. The Morgan fingerprint density at radius 1 is 1.29 bits per heavy atom. The highest BCUT2D eigenvalue weighted by molar-refractivity contribution is 7.91. The van der Waals surface area contributed by atoms with Crippen molar-refractivity contribution in [3.63, 3.8) is 0 Å². The average Bonchev–Trinajstić information content (AvgIpc) is 3.24. The summed E-state index contributed by atoms with van der Waals surface area (Å²) in [5.74, 6) is -0.0931. The Morgan fingerprint density at radius 3 is 2.68 bits per heavy atom. The Balaban J connectivity index is 1.82. The lowest BCUT2D eigenvalue weighted by Gasteiger charge is -2.27. The van der Waals surface area contributed by atoms with Crippen LogP contribution in [0.2, 0.25) is 0 Å². The highest BCUT2D eigenvalue weighted by atomic mass is 32.2. The largest absolute Gasteiger partial charge is 0.335 e. The van der Waals surface area contributed by atoms with Crippen LogP contribution in [0.4, 0.5) is 0 Å². The number of aryl methyl sites for hydroxylation is 1. The molecule has 2 aromatic heterocycles. The van der Waals surface area contributed by atoms with Gasteiger partial charge in [-0.1, -0.05) is 35.5 Å². The van der Waals surface area contributed by atoms with E-state index in [0.29, 0.717) is 41.0 Å². The Kier molecular flexibility index (Phi) is 4.66. The van der Waals surface area contributed by atoms with E-state index in [-0.39, 0.29) is 23.5 Å². The van der Waals surface area contributed by atoms with Crippen LogP contribution in [0.1, 0.15) is 29.4 Å². The summed E-state index contributed by atoms with van der Waals surface area (Å²) in [5, 5.41) is 4.55. The molecule has 0 bridgehead atoms. The molecule has 146 valence electrons. The van der Waals surface area contributed by atoms with Crippen LogP contribution < -0.4 is 0 Å². The third-order valence-corrected chi connectivity index (χ3v) is 6.92. The van der Waals surface area contributed by atoms with Gasteiger partial charge in [0.15, 0.2) is 9.84 Å². The molecule has 1 saturated heterocycles. The van der Waals surface area contributed by atoms with E-state index in [2.05, 4.69) is 10.1 Å². The van der Waals surface area contributed by atoms with Crippen LogP contribution in [0.15, 0.2) is 40.9 Å². The molecule has 1 atom stereocenters. The van der Waals surface area contributed by atoms with Gasteiger partial charge in [-0.25, -0.2) is 13.4 Å². The van der Waals surface area contributed by atoms with Crippen molar-refractivity contribution in [2.45, 2.75) is 26.3 Å². The minimum atomic E-state index is -3.09. The number of sulfone groups is 1. The van der Waals surface area contributed by atoms with Gasteiger partial charge in [-0.05, 0) is 26.3 Å². The molecule has 3 heterocycles. The third-order valence-electron chi connectivity index (χ3n) is 5.17. The number of carbonyl (C=O) groups excluding carboxylic acids is 1. The molecule has 3 aromatic rings. The number of benzene rings is 1. The number of amides is 1. The standard InChI is InChI=1S/C20H21N3O4S/c1-3-23(15-9-10-28(25,26)12-15)20(24)16-11-17(14-7-5-4-6-8-14)21-19-18(16)13(2)22-27-19/h4-8,11,15H,3,9-10,12H2,1-2H3. The predicted octanol–water partition coefficient (Wildman–Crippen LogP) is 2.85. The zero-order valence-electron chi connectivity index (χ0n) is 15.8. The number of aromatic nitrogens is 2. The molecule has 0 spiro atoms. The van der Waals surface area contributed by atoms with E-state index in [0.717, 1.165) is 5.56 Å². The number of nitrogens with zero attached hydrogens (tertiary/aromatic N) is 3. The van der Waals surface area contributed by atoms with Gasteiger partial charge in [-0.3, -0.25) is 4.79 Å². The number of pyridine rings is 1. The van der Waals surface area contributed by atoms with Crippen LogP contribution in [0.25, 0.3) is 22.4 Å². The van der Waals surface area contributed by atoms with Crippen molar-refractivity contribution in [2.24, 2.45) is 0 Å². The van der Waals surface area contributed by atoms with Crippen LogP contribution in [0.3, 0.4) is 0 Å². The first kappa shape index (κ1) is 18.6. The van der Waals surface area contributed by atoms with Gasteiger partial charge in [0.25, 0.3) is 11.6 Å². The summed E-state index contributed by atoms with van der Waals surface area (Å²) in [6.07, 6.45) is 0.463. The molecular formula is C20H21N3O4S. The minimum Gasteiger partial charge on any atom is -0.335 e. The Hall–Kier alpha value is -2.74. The molecule has 7 nitrogen and oxygen atoms in total. The molecule has 0 radical (unpaired) electrons. The second-order valence-electron chi connectivity index (χ2n) is 7.02. The number of carbonyl (C=O) groups is 1. The normalized spacial score (nSPS) is 18.4. The molecule has 1 fully saturated rings. The van der Waals surface area contributed by atoms with Crippen molar-refractivity contribution >= 4 is 26.8 Å². The topological polar surface area (TPSA) is 93.4 Å². The highest BCUT2D eigenvalue weighted by Gasteiger charge is 2.35. The van der Waals surface area contributed by atoms with Crippen LogP contribution in [0.5, 0.6) is 0 Å². The molecule has 28 heavy (non-hydrogen) atoms. The smallest absolute Gasteiger partial charge is 0.259 e. The molecule has 1 unspecified atom stereocenters. The van der Waals surface area contributed by atoms with Gasteiger partial charge in [0.1, 0.15) is 0 Å². The molecule has 0 aliphatic carbocycles. The van der Waals surface area contributed by atoms with E-state index >= 15 is 0 Å². The first-order valence-electron chi connectivity index (χ1n) is 9.23. The Bertz CT molecular complexity index is 1140. The lowest BCUT2D eigenvalue weighted by molar-refractivity contribution is 0.0710. The zero-order valence-corrected chi connectivity index (χ0v) is 16.6. The van der Waals surface area contributed by atoms with Gasteiger partial charge in [0, 0.05) is 18.2 Å². The quantitative estimate of drug-likeness (QED) is 0.670. The van der Waals surface area contributed by atoms with Crippen molar-refractivity contribution in [1.29, 1.82) is 0 Å². The van der Waals surface area contributed by atoms with Gasteiger partial charge in [0.05, 0.1) is 33.8 Å². The third kappa shape index (κ3) is 3.28. The molecule has 8 heteroatoms. The van der Waals surface area contributed by atoms with E-state index in [1.165, 1.54) is 0 Å². The van der Waals surface area contributed by atoms with Crippen LogP contribution >= 0.6 is 0 Å². The lowest BCUT2D eigenvalue weighted by atomic mass is 10.0. The maximum atomic E-state index is 13.5. The van der Waals surface area contributed by atoms with Crippen molar-refractivity contribution in [3.8, 4) is 11.3 Å². The second kappa shape index (κ2) is 7.01. The first-order chi connectivity index (χ1) is 13.4. The van der Waals surface area contributed by atoms with E-state index < -0.39 is 9.84 Å². The second-order valence-corrected chi connectivity index (χ2v) is 9.25. The molecule has 4 rings (SSSR count). The van der Waals surface area contributed by atoms with Gasteiger partial charge in [-0.15, -0.1) is 0 Å². The van der Waals surface area contributed by atoms with Crippen molar-refractivity contribution in [2.75, 3.05) is 18.1 Å². The van der Waals surface area contributed by atoms with Gasteiger partial charge in [-0.2, -0.15) is 0 Å². The Morgan fingerprint density at radius 2 is 2.04 bits per heavy atom. The van der Waals surface area contributed by atoms with Gasteiger partial charge in [0.2, 0.25) is 0 Å². The molecule has 0 N–H and O–H groups in total. The van der Waals surface area contributed by atoms with Crippen molar-refractivity contribution < 1.29 is 17.7 Å². The van der Waals surface area contributed by atoms with E-state index in [1.54, 1.807) is 17.9 Å². The van der Waals surface area contributed by atoms with Gasteiger partial charge >= 0.3 is 0 Å². The summed E-state index contributed by atoms with van der Waals surface area (Å²) in [4.78, 5) is 19.6. The summed E-state index contributed by atoms with van der Waals surface area (Å²) >= 11 is 0. The van der Waals surface area contributed by atoms with E-state index in [9.17, 15) is 13.2 Å². The van der Waals surface area contributed by atoms with Crippen LogP contribution in [0, 0.1) is 6.92 Å². The molecular weight excluding hydrogens is 378 g/mol. The average molecular weight is 399 g/mol. The fourth-order valence-electron chi connectivity index (χ4n) is 3.76.